The third-order valence-electron chi connectivity index (χ3n) is 3.61. The van der Waals surface area contributed by atoms with E-state index in [0.717, 1.165) is 38.6 Å². The fraction of sp³-hybridized carbons (Fsp3) is 0.929. The molecule has 1 heterocycles. The van der Waals surface area contributed by atoms with Crippen LogP contribution in [0.15, 0.2) is 0 Å². The lowest BCUT2D eigenvalue weighted by Gasteiger charge is -2.28. The molecule has 5 heteroatoms. The van der Waals surface area contributed by atoms with Gasteiger partial charge in [0.15, 0.2) is 0 Å². The lowest BCUT2D eigenvalue weighted by atomic mass is 9.92. The zero-order chi connectivity index (χ0) is 13.4. The van der Waals surface area contributed by atoms with Gasteiger partial charge in [0.2, 0.25) is 5.91 Å². The number of halogens is 1. The van der Waals surface area contributed by atoms with Crippen LogP contribution < -0.4 is 10.6 Å². The lowest BCUT2D eigenvalue weighted by molar-refractivity contribution is -0.127. The Balaban J connectivity index is 0.00000324. The van der Waals surface area contributed by atoms with E-state index in [4.69, 9.17) is 4.74 Å². The van der Waals surface area contributed by atoms with Gasteiger partial charge >= 0.3 is 0 Å². The summed E-state index contributed by atoms with van der Waals surface area (Å²) >= 11 is 0. The molecule has 0 bridgehead atoms. The molecule has 19 heavy (non-hydrogen) atoms. The Morgan fingerprint density at radius 1 is 1.53 bits per heavy atom. The molecule has 0 aliphatic carbocycles. The summed E-state index contributed by atoms with van der Waals surface area (Å²) in [6.45, 7) is 5.87. The number of hydrogen-bond donors (Lipinski definition) is 2. The van der Waals surface area contributed by atoms with Crippen molar-refractivity contribution in [2.75, 3.05) is 20.3 Å². The number of ether oxygens (including phenoxy) is 1. The SMILES string of the molecule is CCCCC(COC)NC(=O)[C@H]1CCN[C@@H](C)C1.Cl. The maximum absolute atomic E-state index is 12.2. The van der Waals surface area contributed by atoms with Crippen LogP contribution in [0.3, 0.4) is 0 Å². The largest absolute Gasteiger partial charge is 0.383 e. The van der Waals surface area contributed by atoms with Crippen molar-refractivity contribution in [3.8, 4) is 0 Å². The molecule has 0 saturated carbocycles. The second-order valence-corrected chi connectivity index (χ2v) is 5.38. The number of carbonyl (C=O) groups is 1. The number of piperidine rings is 1. The monoisotopic (exact) mass is 292 g/mol. The molecule has 0 radical (unpaired) electrons. The number of methoxy groups -OCH3 is 1. The molecule has 1 amide bonds. The normalized spacial score (nSPS) is 24.4. The minimum absolute atomic E-state index is 0. The molecular weight excluding hydrogens is 264 g/mol. The van der Waals surface area contributed by atoms with E-state index in [0.29, 0.717) is 12.6 Å². The average molecular weight is 293 g/mol. The summed E-state index contributed by atoms with van der Waals surface area (Å²) in [5.74, 6) is 0.378. The first-order valence-corrected chi connectivity index (χ1v) is 7.20. The highest BCUT2D eigenvalue weighted by Crippen LogP contribution is 2.16. The van der Waals surface area contributed by atoms with Gasteiger partial charge in [0.25, 0.3) is 0 Å². The van der Waals surface area contributed by atoms with Crippen LogP contribution in [0.4, 0.5) is 0 Å². The number of amides is 1. The standard InChI is InChI=1S/C14H28N2O2.ClH/c1-4-5-6-13(10-18-3)16-14(17)12-7-8-15-11(2)9-12;/h11-13,15H,4-10H2,1-3H3,(H,16,17);1H/t11-,12-,13?;/m0./s1. The Kier molecular flexibility index (Phi) is 10.3. The van der Waals surface area contributed by atoms with Crippen LogP contribution >= 0.6 is 12.4 Å². The fourth-order valence-electron chi connectivity index (χ4n) is 2.54. The van der Waals surface area contributed by atoms with E-state index in [1.165, 1.54) is 0 Å². The zero-order valence-corrected chi connectivity index (χ0v) is 13.2. The summed E-state index contributed by atoms with van der Waals surface area (Å²) in [6, 6.07) is 0.624. The van der Waals surface area contributed by atoms with Crippen LogP contribution in [0.5, 0.6) is 0 Å². The molecule has 3 atom stereocenters. The number of rotatable bonds is 7. The van der Waals surface area contributed by atoms with E-state index in [9.17, 15) is 4.79 Å². The van der Waals surface area contributed by atoms with Crippen molar-refractivity contribution in [1.82, 2.24) is 10.6 Å². The molecule has 1 fully saturated rings. The second kappa shape index (κ2) is 10.5. The Labute approximate surface area is 123 Å². The molecule has 1 rings (SSSR count). The van der Waals surface area contributed by atoms with Crippen LogP contribution in [0.25, 0.3) is 0 Å². The van der Waals surface area contributed by atoms with Gasteiger partial charge in [0, 0.05) is 19.1 Å². The quantitative estimate of drug-likeness (QED) is 0.756. The molecule has 114 valence electrons. The third-order valence-corrected chi connectivity index (χ3v) is 3.61. The minimum atomic E-state index is 0. The second-order valence-electron chi connectivity index (χ2n) is 5.38. The van der Waals surface area contributed by atoms with Crippen molar-refractivity contribution in [1.29, 1.82) is 0 Å². The van der Waals surface area contributed by atoms with Crippen molar-refractivity contribution in [3.63, 3.8) is 0 Å². The molecule has 1 saturated heterocycles. The molecule has 0 aromatic carbocycles. The summed E-state index contributed by atoms with van der Waals surface area (Å²) in [5.41, 5.74) is 0. The molecule has 4 nitrogen and oxygen atoms in total. The van der Waals surface area contributed by atoms with Gasteiger partial charge in [-0.15, -0.1) is 12.4 Å². The first kappa shape index (κ1) is 18.7. The number of hydrogen-bond acceptors (Lipinski definition) is 3. The molecule has 1 aliphatic rings. The molecule has 0 aromatic rings. The molecule has 1 aliphatic heterocycles. The molecular formula is C14H29ClN2O2. The average Bonchev–Trinajstić information content (AvgIpc) is 2.36. The zero-order valence-electron chi connectivity index (χ0n) is 12.4. The van der Waals surface area contributed by atoms with Gasteiger partial charge in [0.1, 0.15) is 0 Å². The van der Waals surface area contributed by atoms with Crippen LogP contribution in [0.2, 0.25) is 0 Å². The lowest BCUT2D eigenvalue weighted by Crippen LogP contribution is -2.46. The summed E-state index contributed by atoms with van der Waals surface area (Å²) in [7, 11) is 1.69. The van der Waals surface area contributed by atoms with Gasteiger partial charge in [-0.2, -0.15) is 0 Å². The van der Waals surface area contributed by atoms with Gasteiger partial charge in [-0.3, -0.25) is 4.79 Å². The third kappa shape index (κ3) is 7.14. The topological polar surface area (TPSA) is 50.4 Å². The highest BCUT2D eigenvalue weighted by Gasteiger charge is 2.26. The first-order valence-electron chi connectivity index (χ1n) is 7.20. The van der Waals surface area contributed by atoms with E-state index in [-0.39, 0.29) is 30.3 Å². The minimum Gasteiger partial charge on any atom is -0.383 e. The summed E-state index contributed by atoms with van der Waals surface area (Å²) < 4.78 is 5.18. The van der Waals surface area contributed by atoms with Gasteiger partial charge in [-0.1, -0.05) is 19.8 Å². The van der Waals surface area contributed by atoms with Gasteiger partial charge in [-0.05, 0) is 32.7 Å². The maximum Gasteiger partial charge on any atom is 0.223 e. The highest BCUT2D eigenvalue weighted by atomic mass is 35.5. The Morgan fingerprint density at radius 2 is 2.26 bits per heavy atom. The molecule has 2 N–H and O–H groups in total. The van der Waals surface area contributed by atoms with Crippen LogP contribution in [0, 0.1) is 5.92 Å². The highest BCUT2D eigenvalue weighted by molar-refractivity contribution is 5.85. The van der Waals surface area contributed by atoms with Crippen LogP contribution in [-0.4, -0.2) is 38.3 Å². The first-order chi connectivity index (χ1) is 8.67. The molecule has 0 aromatic heterocycles. The predicted octanol–water partition coefficient (Wildman–Crippen LogP) is 2.12. The number of unbranched alkanes of at least 4 members (excludes halogenated alkanes) is 1. The molecule has 1 unspecified atom stereocenters. The Bertz CT molecular complexity index is 252. The number of nitrogens with one attached hydrogen (secondary N) is 2. The number of carbonyl (C=O) groups excluding carboxylic acids is 1. The van der Waals surface area contributed by atoms with E-state index in [2.05, 4.69) is 24.5 Å². The Morgan fingerprint density at radius 3 is 2.84 bits per heavy atom. The summed E-state index contributed by atoms with van der Waals surface area (Å²) in [6.07, 6.45) is 5.19. The van der Waals surface area contributed by atoms with E-state index in [1.807, 2.05) is 0 Å². The van der Waals surface area contributed by atoms with Crippen molar-refractivity contribution >= 4 is 18.3 Å². The van der Waals surface area contributed by atoms with Gasteiger partial charge in [0.05, 0.1) is 12.6 Å². The van der Waals surface area contributed by atoms with Crippen molar-refractivity contribution in [2.45, 2.75) is 58.0 Å². The van der Waals surface area contributed by atoms with Crippen molar-refractivity contribution in [3.05, 3.63) is 0 Å². The molecule has 0 spiro atoms. The van der Waals surface area contributed by atoms with Gasteiger partial charge in [-0.25, -0.2) is 0 Å². The predicted molar refractivity (Wildman–Crippen MR) is 80.8 cm³/mol. The van der Waals surface area contributed by atoms with E-state index < -0.39 is 0 Å². The summed E-state index contributed by atoms with van der Waals surface area (Å²) in [4.78, 5) is 12.2. The van der Waals surface area contributed by atoms with Crippen LogP contribution in [-0.2, 0) is 9.53 Å². The van der Waals surface area contributed by atoms with Crippen molar-refractivity contribution < 1.29 is 9.53 Å². The van der Waals surface area contributed by atoms with Gasteiger partial charge < -0.3 is 15.4 Å². The Hall–Kier alpha value is -0.320. The van der Waals surface area contributed by atoms with E-state index >= 15 is 0 Å². The maximum atomic E-state index is 12.2. The van der Waals surface area contributed by atoms with Crippen molar-refractivity contribution in [2.24, 2.45) is 5.92 Å². The summed E-state index contributed by atoms with van der Waals surface area (Å²) in [5, 5.41) is 6.53. The fourth-order valence-corrected chi connectivity index (χ4v) is 2.54. The smallest absolute Gasteiger partial charge is 0.223 e. The van der Waals surface area contributed by atoms with Crippen LogP contribution in [0.1, 0.15) is 46.0 Å². The van der Waals surface area contributed by atoms with E-state index in [1.54, 1.807) is 7.11 Å².